The Balaban J connectivity index is 1.47. The van der Waals surface area contributed by atoms with Crippen LogP contribution in [-0.2, 0) is 4.74 Å². The smallest absolute Gasteiger partial charge is 0.229 e. The first-order valence-corrected chi connectivity index (χ1v) is 10.9. The molecule has 9 heteroatoms. The number of aliphatic hydroxyl groups is 4. The first-order chi connectivity index (χ1) is 15.7. The Morgan fingerprint density at radius 2 is 1.48 bits per heavy atom. The van der Waals surface area contributed by atoms with Crippen molar-refractivity contribution in [2.24, 2.45) is 0 Å². The van der Waals surface area contributed by atoms with E-state index in [1.165, 1.54) is 24.3 Å². The van der Waals surface area contributed by atoms with Crippen LogP contribution in [-0.4, -0.2) is 73.4 Å². The zero-order valence-electron chi connectivity index (χ0n) is 17.5. The van der Waals surface area contributed by atoms with E-state index in [4.69, 9.17) is 9.47 Å². The summed E-state index contributed by atoms with van der Waals surface area (Å²) in [5, 5.41) is 52.9. The van der Waals surface area contributed by atoms with E-state index in [9.17, 15) is 35.1 Å². The van der Waals surface area contributed by atoms with Gasteiger partial charge >= 0.3 is 0 Å². The monoisotopic (exact) mass is 456 g/mol. The van der Waals surface area contributed by atoms with Gasteiger partial charge in [-0.25, -0.2) is 0 Å². The van der Waals surface area contributed by atoms with Crippen LogP contribution in [0.1, 0.15) is 57.5 Å². The minimum Gasteiger partial charge on any atom is -0.504 e. The lowest BCUT2D eigenvalue weighted by Crippen LogP contribution is -2.65. The molecular formula is C24H24O9. The highest BCUT2D eigenvalue weighted by molar-refractivity contribution is 6.29. The van der Waals surface area contributed by atoms with Gasteiger partial charge in [0.15, 0.2) is 23.1 Å². The maximum atomic E-state index is 13.0. The van der Waals surface area contributed by atoms with Gasteiger partial charge in [-0.1, -0.05) is 37.1 Å². The number of fused-ring (bicyclic) bond motifs is 2. The van der Waals surface area contributed by atoms with Crippen molar-refractivity contribution in [2.75, 3.05) is 0 Å². The number of aliphatic hydroxyl groups excluding tert-OH is 3. The Hall–Kier alpha value is -2.82. The minimum atomic E-state index is -1.70. The maximum absolute atomic E-state index is 13.0. The molecule has 174 valence electrons. The van der Waals surface area contributed by atoms with Gasteiger partial charge in [0.2, 0.25) is 6.29 Å². The Morgan fingerprint density at radius 3 is 2.15 bits per heavy atom. The van der Waals surface area contributed by atoms with Gasteiger partial charge in [0.05, 0.1) is 11.2 Å². The summed E-state index contributed by atoms with van der Waals surface area (Å²) in [4.78, 5) is 25.8. The van der Waals surface area contributed by atoms with Gasteiger partial charge in [-0.3, -0.25) is 9.59 Å². The number of carbonyl (C=O) groups excluding carboxylic acids is 2. The van der Waals surface area contributed by atoms with Crippen molar-refractivity contribution in [3.05, 3.63) is 58.7 Å². The van der Waals surface area contributed by atoms with E-state index in [1.807, 2.05) is 0 Å². The lowest BCUT2D eigenvalue weighted by Gasteiger charge is -2.45. The van der Waals surface area contributed by atoms with E-state index in [0.717, 1.165) is 12.8 Å². The summed E-state index contributed by atoms with van der Waals surface area (Å²) in [7, 11) is 0. The highest BCUT2D eigenvalue weighted by Gasteiger charge is 2.54. The number of phenolic OH excluding ortho intramolecular Hbond substituents is 1. The first kappa shape index (κ1) is 22.0. The Morgan fingerprint density at radius 1 is 0.848 bits per heavy atom. The molecule has 0 spiro atoms. The fraction of sp³-hybridized carbons (Fsp3) is 0.417. The Bertz CT molecular complexity index is 1120. The molecule has 5 N–H and O–H groups in total. The van der Waals surface area contributed by atoms with Crippen LogP contribution in [0.25, 0.3) is 0 Å². The molecule has 2 aromatic carbocycles. The van der Waals surface area contributed by atoms with Gasteiger partial charge in [0, 0.05) is 16.7 Å². The van der Waals surface area contributed by atoms with Gasteiger partial charge in [0.1, 0.15) is 24.4 Å². The third-order valence-corrected chi connectivity index (χ3v) is 6.84. The summed E-state index contributed by atoms with van der Waals surface area (Å²) < 4.78 is 11.3. The summed E-state index contributed by atoms with van der Waals surface area (Å²) in [5.41, 5.74) is -1.22. The van der Waals surface area contributed by atoms with Crippen molar-refractivity contribution in [1.29, 1.82) is 0 Å². The van der Waals surface area contributed by atoms with Gasteiger partial charge < -0.3 is 35.0 Å². The largest absolute Gasteiger partial charge is 0.504 e. The number of hydrogen-bond donors (Lipinski definition) is 5. The highest BCUT2D eigenvalue weighted by atomic mass is 16.7. The molecule has 0 amide bonds. The van der Waals surface area contributed by atoms with Crippen LogP contribution in [0.5, 0.6) is 11.5 Å². The highest BCUT2D eigenvalue weighted by Crippen LogP contribution is 2.42. The quantitative estimate of drug-likeness (QED) is 0.382. The third-order valence-electron chi connectivity index (χ3n) is 6.84. The van der Waals surface area contributed by atoms with Crippen molar-refractivity contribution in [3.8, 4) is 11.5 Å². The standard InChI is InChI=1S/C24H24O9/c25-16-11-5-1-2-6-12(11)17(26)15-13(16)7-8-14(18(15)27)32-23-21(30)19(28)20(29)22(33-23)24(31)9-3-4-10-24/h1-2,5-8,19-23,27-31H,3-4,9-10H2. The normalized spacial score (nSPS) is 30.6. The van der Waals surface area contributed by atoms with E-state index >= 15 is 0 Å². The number of ether oxygens (including phenoxy) is 2. The molecule has 5 unspecified atom stereocenters. The third kappa shape index (κ3) is 3.35. The first-order valence-electron chi connectivity index (χ1n) is 10.9. The number of aromatic hydroxyl groups is 1. The number of phenols is 1. The van der Waals surface area contributed by atoms with E-state index in [0.29, 0.717) is 12.8 Å². The van der Waals surface area contributed by atoms with Crippen LogP contribution in [0.4, 0.5) is 0 Å². The van der Waals surface area contributed by atoms with E-state index in [1.54, 1.807) is 12.1 Å². The van der Waals surface area contributed by atoms with Gasteiger partial charge in [0.25, 0.3) is 0 Å². The molecule has 1 saturated carbocycles. The molecule has 1 aliphatic heterocycles. The molecule has 0 radical (unpaired) electrons. The molecular weight excluding hydrogens is 432 g/mol. The molecule has 33 heavy (non-hydrogen) atoms. The topological polar surface area (TPSA) is 154 Å². The SMILES string of the molecule is O=C1c2ccccc2C(=O)c2c1ccc(OC1OC(C3(O)CCCC3)C(O)C(O)C1O)c2O. The summed E-state index contributed by atoms with van der Waals surface area (Å²) in [5.74, 6) is -1.83. The summed E-state index contributed by atoms with van der Waals surface area (Å²) in [6.07, 6.45) is -5.55. The fourth-order valence-corrected chi connectivity index (χ4v) is 5.03. The number of ketones is 2. The average Bonchev–Trinajstić information content (AvgIpc) is 3.26. The number of benzene rings is 2. The summed E-state index contributed by atoms with van der Waals surface area (Å²) >= 11 is 0. The summed E-state index contributed by atoms with van der Waals surface area (Å²) in [6.45, 7) is 0. The lowest BCUT2D eigenvalue weighted by atomic mass is 9.83. The number of rotatable bonds is 3. The van der Waals surface area contributed by atoms with Crippen molar-refractivity contribution in [2.45, 2.75) is 62.0 Å². The number of carbonyl (C=O) groups is 2. The van der Waals surface area contributed by atoms with E-state index in [-0.39, 0.29) is 28.0 Å². The minimum absolute atomic E-state index is 0.0160. The zero-order valence-corrected chi connectivity index (χ0v) is 17.5. The molecule has 5 rings (SSSR count). The molecule has 1 heterocycles. The second-order valence-electron chi connectivity index (χ2n) is 8.86. The Kier molecular flexibility index (Phi) is 5.26. The van der Waals surface area contributed by atoms with Crippen molar-refractivity contribution < 1.29 is 44.6 Å². The van der Waals surface area contributed by atoms with Crippen molar-refractivity contribution in [3.63, 3.8) is 0 Å². The second kappa shape index (κ2) is 7.89. The Labute approximate surface area is 188 Å². The molecule has 0 aromatic heterocycles. The zero-order chi connectivity index (χ0) is 23.5. The molecule has 2 aliphatic carbocycles. The van der Waals surface area contributed by atoms with Crippen LogP contribution in [0.15, 0.2) is 36.4 Å². The molecule has 9 nitrogen and oxygen atoms in total. The van der Waals surface area contributed by atoms with Gasteiger partial charge in [-0.05, 0) is 25.0 Å². The van der Waals surface area contributed by atoms with Gasteiger partial charge in [-0.2, -0.15) is 0 Å². The molecule has 2 aromatic rings. The maximum Gasteiger partial charge on any atom is 0.229 e. The van der Waals surface area contributed by atoms with Gasteiger partial charge in [-0.15, -0.1) is 0 Å². The lowest BCUT2D eigenvalue weighted by molar-refractivity contribution is -0.304. The summed E-state index contributed by atoms with van der Waals surface area (Å²) in [6, 6.07) is 8.88. The molecule has 1 saturated heterocycles. The molecule has 0 bridgehead atoms. The molecule has 5 atom stereocenters. The van der Waals surface area contributed by atoms with Crippen LogP contribution in [0.3, 0.4) is 0 Å². The van der Waals surface area contributed by atoms with E-state index in [2.05, 4.69) is 0 Å². The predicted octanol–water partition coefficient (Wildman–Crippen LogP) is 0.659. The molecule has 2 fully saturated rings. The van der Waals surface area contributed by atoms with Crippen LogP contribution < -0.4 is 4.74 Å². The van der Waals surface area contributed by atoms with Crippen molar-refractivity contribution >= 4 is 11.6 Å². The fourth-order valence-electron chi connectivity index (χ4n) is 5.03. The van der Waals surface area contributed by atoms with Crippen LogP contribution in [0, 0.1) is 0 Å². The molecule has 3 aliphatic rings. The average molecular weight is 456 g/mol. The second-order valence-corrected chi connectivity index (χ2v) is 8.86. The van der Waals surface area contributed by atoms with Crippen LogP contribution >= 0.6 is 0 Å². The number of hydrogen-bond acceptors (Lipinski definition) is 9. The predicted molar refractivity (Wildman–Crippen MR) is 112 cm³/mol. The van der Waals surface area contributed by atoms with Crippen LogP contribution in [0.2, 0.25) is 0 Å². The van der Waals surface area contributed by atoms with E-state index < -0.39 is 53.6 Å². The van der Waals surface area contributed by atoms with Crippen molar-refractivity contribution in [1.82, 2.24) is 0 Å².